The highest BCUT2D eigenvalue weighted by Crippen LogP contribution is 2.30. The number of likely N-dealkylation sites (N-methyl/N-ethyl adjacent to an activating group) is 1. The largest absolute Gasteiger partial charge is 0.392 e. The first-order valence-electron chi connectivity index (χ1n) is 5.83. The molecule has 0 radical (unpaired) electrons. The van der Waals surface area contributed by atoms with E-state index in [0.717, 1.165) is 13.0 Å². The first-order valence-corrected chi connectivity index (χ1v) is 5.83. The van der Waals surface area contributed by atoms with Gasteiger partial charge in [0.25, 0.3) is 0 Å². The summed E-state index contributed by atoms with van der Waals surface area (Å²) in [5, 5.41) is 12.8. The Bertz CT molecular complexity index is 340. The van der Waals surface area contributed by atoms with E-state index in [2.05, 4.69) is 23.5 Å². The highest BCUT2D eigenvalue weighted by Gasteiger charge is 2.22. The predicted molar refractivity (Wildman–Crippen MR) is 63.4 cm³/mol. The fourth-order valence-electron chi connectivity index (χ4n) is 2.24. The molecule has 16 heavy (non-hydrogen) atoms. The van der Waals surface area contributed by atoms with E-state index in [9.17, 15) is 5.11 Å². The van der Waals surface area contributed by atoms with E-state index in [4.69, 9.17) is 4.74 Å². The third kappa shape index (κ3) is 2.61. The van der Waals surface area contributed by atoms with Gasteiger partial charge in [-0.05, 0) is 24.6 Å². The third-order valence-corrected chi connectivity index (χ3v) is 3.02. The molecule has 1 aromatic carbocycles. The minimum atomic E-state index is -0.346. The standard InChI is InChI=1S/C13H19NO2/c1-14-9-11(15)8-13-12-5-3-2-4-10(12)6-7-16-13/h2-5,11,13-15H,6-9H2,1H3. The number of aliphatic hydroxyl groups is 1. The van der Waals surface area contributed by atoms with Crippen molar-refractivity contribution in [1.82, 2.24) is 5.32 Å². The van der Waals surface area contributed by atoms with E-state index in [-0.39, 0.29) is 12.2 Å². The van der Waals surface area contributed by atoms with Crippen LogP contribution in [0, 0.1) is 0 Å². The van der Waals surface area contributed by atoms with E-state index in [0.29, 0.717) is 13.0 Å². The minimum absolute atomic E-state index is 0.0494. The van der Waals surface area contributed by atoms with Crippen LogP contribution in [0.1, 0.15) is 23.7 Å². The van der Waals surface area contributed by atoms with E-state index in [1.807, 2.05) is 13.1 Å². The quantitative estimate of drug-likeness (QED) is 0.804. The van der Waals surface area contributed by atoms with Crippen LogP contribution in [0.25, 0.3) is 0 Å². The fraction of sp³-hybridized carbons (Fsp3) is 0.538. The fourth-order valence-corrected chi connectivity index (χ4v) is 2.24. The van der Waals surface area contributed by atoms with Crippen LogP contribution < -0.4 is 5.32 Å². The van der Waals surface area contributed by atoms with Crippen LogP contribution in [-0.4, -0.2) is 31.4 Å². The van der Waals surface area contributed by atoms with Crippen molar-refractivity contribution in [3.63, 3.8) is 0 Å². The van der Waals surface area contributed by atoms with Gasteiger partial charge in [-0.3, -0.25) is 0 Å². The molecule has 0 bridgehead atoms. The van der Waals surface area contributed by atoms with Gasteiger partial charge in [0.1, 0.15) is 0 Å². The van der Waals surface area contributed by atoms with Gasteiger partial charge >= 0.3 is 0 Å². The Balaban J connectivity index is 2.07. The average Bonchev–Trinajstić information content (AvgIpc) is 2.30. The molecule has 0 amide bonds. The maximum Gasteiger partial charge on any atom is 0.0852 e. The zero-order valence-electron chi connectivity index (χ0n) is 9.65. The van der Waals surface area contributed by atoms with Gasteiger partial charge in [-0.2, -0.15) is 0 Å². The Hall–Kier alpha value is -0.900. The summed E-state index contributed by atoms with van der Waals surface area (Å²) in [5.74, 6) is 0. The van der Waals surface area contributed by atoms with Gasteiger partial charge in [0, 0.05) is 13.0 Å². The smallest absolute Gasteiger partial charge is 0.0852 e. The second-order valence-electron chi connectivity index (χ2n) is 4.26. The van der Waals surface area contributed by atoms with Crippen molar-refractivity contribution < 1.29 is 9.84 Å². The van der Waals surface area contributed by atoms with Crippen molar-refractivity contribution in [3.05, 3.63) is 35.4 Å². The summed E-state index contributed by atoms with van der Waals surface area (Å²) in [6.45, 7) is 1.37. The molecule has 0 saturated heterocycles. The maximum atomic E-state index is 9.78. The summed E-state index contributed by atoms with van der Waals surface area (Å²) in [6.07, 6.45) is 1.35. The van der Waals surface area contributed by atoms with E-state index in [1.54, 1.807) is 0 Å². The second kappa shape index (κ2) is 5.43. The zero-order valence-corrected chi connectivity index (χ0v) is 9.65. The molecule has 1 aromatic rings. The number of nitrogens with one attached hydrogen (secondary N) is 1. The lowest BCUT2D eigenvalue weighted by atomic mass is 9.94. The molecule has 1 aliphatic rings. The summed E-state index contributed by atoms with van der Waals surface area (Å²) in [5.41, 5.74) is 2.60. The molecule has 2 rings (SSSR count). The zero-order chi connectivity index (χ0) is 11.4. The highest BCUT2D eigenvalue weighted by molar-refractivity contribution is 5.30. The minimum Gasteiger partial charge on any atom is -0.392 e. The molecule has 88 valence electrons. The Morgan fingerprint density at radius 3 is 3.12 bits per heavy atom. The van der Waals surface area contributed by atoms with Gasteiger partial charge < -0.3 is 15.2 Å². The molecule has 3 heteroatoms. The van der Waals surface area contributed by atoms with Crippen molar-refractivity contribution in [1.29, 1.82) is 0 Å². The van der Waals surface area contributed by atoms with Crippen LogP contribution >= 0.6 is 0 Å². The lowest BCUT2D eigenvalue weighted by molar-refractivity contribution is 0.00504. The van der Waals surface area contributed by atoms with Gasteiger partial charge in [-0.1, -0.05) is 24.3 Å². The average molecular weight is 221 g/mol. The number of hydrogen-bond donors (Lipinski definition) is 2. The van der Waals surface area contributed by atoms with E-state index in [1.165, 1.54) is 11.1 Å². The molecule has 0 spiro atoms. The molecule has 1 aliphatic heterocycles. The molecule has 0 saturated carbocycles. The third-order valence-electron chi connectivity index (χ3n) is 3.02. The summed E-state index contributed by atoms with van der Waals surface area (Å²) < 4.78 is 5.73. The number of benzene rings is 1. The Kier molecular flexibility index (Phi) is 3.93. The topological polar surface area (TPSA) is 41.5 Å². The normalized spacial score (nSPS) is 21.5. The molecular weight excluding hydrogens is 202 g/mol. The molecule has 2 atom stereocenters. The van der Waals surface area contributed by atoms with Crippen LogP contribution in [0.3, 0.4) is 0 Å². The molecule has 0 aliphatic carbocycles. The number of rotatable bonds is 4. The molecule has 0 aromatic heterocycles. The first-order chi connectivity index (χ1) is 7.81. The summed E-state index contributed by atoms with van der Waals surface area (Å²) >= 11 is 0. The monoisotopic (exact) mass is 221 g/mol. The molecule has 3 nitrogen and oxygen atoms in total. The van der Waals surface area contributed by atoms with Crippen molar-refractivity contribution in [2.24, 2.45) is 0 Å². The SMILES string of the molecule is CNCC(O)CC1OCCc2ccccc21. The van der Waals surface area contributed by atoms with Crippen LogP contribution in [0.2, 0.25) is 0 Å². The van der Waals surface area contributed by atoms with Crippen LogP contribution in [-0.2, 0) is 11.2 Å². The van der Waals surface area contributed by atoms with Crippen molar-refractivity contribution in [2.75, 3.05) is 20.2 Å². The second-order valence-corrected chi connectivity index (χ2v) is 4.26. The van der Waals surface area contributed by atoms with Gasteiger partial charge in [0.2, 0.25) is 0 Å². The van der Waals surface area contributed by atoms with Gasteiger partial charge in [-0.15, -0.1) is 0 Å². The lowest BCUT2D eigenvalue weighted by Crippen LogP contribution is -2.28. The summed E-state index contributed by atoms with van der Waals surface area (Å²) in [6, 6.07) is 8.34. The maximum absolute atomic E-state index is 9.78. The predicted octanol–water partition coefficient (Wildman–Crippen LogP) is 1.27. The summed E-state index contributed by atoms with van der Waals surface area (Å²) in [7, 11) is 1.85. The first kappa shape index (κ1) is 11.6. The molecular formula is C13H19NO2. The number of ether oxygens (including phenoxy) is 1. The molecule has 0 fully saturated rings. The Morgan fingerprint density at radius 1 is 1.50 bits per heavy atom. The number of aliphatic hydroxyl groups excluding tert-OH is 1. The Morgan fingerprint density at radius 2 is 2.31 bits per heavy atom. The van der Waals surface area contributed by atoms with Gasteiger partial charge in [0.05, 0.1) is 18.8 Å². The Labute approximate surface area is 96.4 Å². The van der Waals surface area contributed by atoms with Gasteiger partial charge in [0.15, 0.2) is 0 Å². The van der Waals surface area contributed by atoms with Crippen LogP contribution in [0.4, 0.5) is 0 Å². The van der Waals surface area contributed by atoms with E-state index >= 15 is 0 Å². The molecule has 2 N–H and O–H groups in total. The van der Waals surface area contributed by atoms with Crippen molar-refractivity contribution in [3.8, 4) is 0 Å². The highest BCUT2D eigenvalue weighted by atomic mass is 16.5. The lowest BCUT2D eigenvalue weighted by Gasteiger charge is -2.27. The number of hydrogen-bond acceptors (Lipinski definition) is 3. The summed E-state index contributed by atoms with van der Waals surface area (Å²) in [4.78, 5) is 0. The number of fused-ring (bicyclic) bond motifs is 1. The van der Waals surface area contributed by atoms with Crippen LogP contribution in [0.5, 0.6) is 0 Å². The van der Waals surface area contributed by atoms with Crippen molar-refractivity contribution in [2.45, 2.75) is 25.0 Å². The van der Waals surface area contributed by atoms with Gasteiger partial charge in [-0.25, -0.2) is 0 Å². The van der Waals surface area contributed by atoms with E-state index < -0.39 is 0 Å². The van der Waals surface area contributed by atoms with Crippen molar-refractivity contribution >= 4 is 0 Å². The van der Waals surface area contributed by atoms with Crippen LogP contribution in [0.15, 0.2) is 24.3 Å². The molecule has 2 unspecified atom stereocenters. The molecule has 1 heterocycles.